The molecule has 0 aliphatic heterocycles. The van der Waals surface area contributed by atoms with Crippen molar-refractivity contribution in [3.8, 4) is 0 Å². The van der Waals surface area contributed by atoms with E-state index in [2.05, 4.69) is 14.4 Å². The van der Waals surface area contributed by atoms with Gasteiger partial charge in [0, 0.05) is 21.9 Å². The fourth-order valence-electron chi connectivity index (χ4n) is 1.06. The number of nitrogens with one attached hydrogen (secondary N) is 1. The normalized spacial score (nSPS) is 14.8. The molecule has 7 heteroatoms. The zero-order valence-electron chi connectivity index (χ0n) is 12.4. The lowest BCUT2D eigenvalue weighted by atomic mass is 10.2. The molecule has 1 N–H and O–H groups in total. The number of rotatable bonds is 9. The Labute approximate surface area is 106 Å². The van der Waals surface area contributed by atoms with Crippen LogP contribution >= 0.6 is 7.82 Å². The van der Waals surface area contributed by atoms with Crippen molar-refractivity contribution in [2.24, 2.45) is 0 Å². The van der Waals surface area contributed by atoms with E-state index in [0.29, 0.717) is 13.0 Å². The summed E-state index contributed by atoms with van der Waals surface area (Å²) in [5, 5.41) is 2.67. The molecule has 1 atom stereocenters. The first-order chi connectivity index (χ1) is 8.98. The van der Waals surface area contributed by atoms with Gasteiger partial charge in [-0.05, 0) is 12.8 Å². The molecular formula is C10H23NO5P-. The monoisotopic (exact) mass is 272 g/mol. The van der Waals surface area contributed by atoms with E-state index in [0.717, 1.165) is 19.3 Å². The van der Waals surface area contributed by atoms with Gasteiger partial charge < -0.3 is 19.3 Å². The molecule has 0 spiro atoms. The predicted octanol–water partition coefficient (Wildman–Crippen LogP) is 1.45. The highest BCUT2D eigenvalue weighted by atomic mass is 31.2. The third-order valence-corrected chi connectivity index (χ3v) is 2.67. The fourth-order valence-corrected chi connectivity index (χ4v) is 1.49. The van der Waals surface area contributed by atoms with Crippen molar-refractivity contribution in [1.29, 1.82) is 0 Å². The Balaban J connectivity index is 0. The number of phosphoric acid groups is 1. The first kappa shape index (κ1) is 14.6. The molecule has 0 aromatic carbocycles. The summed E-state index contributed by atoms with van der Waals surface area (Å²) in [5.74, 6) is -0.0480. The van der Waals surface area contributed by atoms with Crippen molar-refractivity contribution in [3.63, 3.8) is 0 Å². The molecule has 0 aliphatic carbocycles. The van der Waals surface area contributed by atoms with Crippen LogP contribution in [0.15, 0.2) is 0 Å². The SMILES string of the molecule is [3H]C.[3H]COP(=O)([O-])OCCCCCCNC(C)=O. The summed E-state index contributed by atoms with van der Waals surface area (Å²) >= 11 is 0. The number of amides is 1. The van der Waals surface area contributed by atoms with Crippen molar-refractivity contribution >= 4 is 13.7 Å². The maximum atomic E-state index is 10.9. The molecule has 0 rings (SSSR count). The van der Waals surface area contributed by atoms with Crippen LogP contribution in [0.4, 0.5) is 0 Å². The van der Waals surface area contributed by atoms with Crippen LogP contribution in [-0.4, -0.2) is 26.1 Å². The molecule has 1 unspecified atom stereocenters. The van der Waals surface area contributed by atoms with E-state index in [9.17, 15) is 14.3 Å². The minimum atomic E-state index is -4.26. The van der Waals surface area contributed by atoms with Gasteiger partial charge in [-0.15, -0.1) is 0 Å². The number of hydrogen-bond acceptors (Lipinski definition) is 5. The van der Waals surface area contributed by atoms with Gasteiger partial charge in [0.15, 0.2) is 0 Å². The van der Waals surface area contributed by atoms with Gasteiger partial charge in [-0.2, -0.15) is 0 Å². The third kappa shape index (κ3) is 13.5. The van der Waals surface area contributed by atoms with Gasteiger partial charge in [-0.25, -0.2) is 0 Å². The number of carbonyl (C=O) groups is 1. The summed E-state index contributed by atoms with van der Waals surface area (Å²) in [6.45, 7) is 2.17. The number of phosphoric ester groups is 1. The number of unbranched alkanes of at least 4 members (excludes halogenated alkanes) is 3. The second-order valence-electron chi connectivity index (χ2n) is 3.31. The van der Waals surface area contributed by atoms with E-state index in [4.69, 9.17) is 2.74 Å². The second kappa shape index (κ2) is 10.7. The van der Waals surface area contributed by atoms with Crippen molar-refractivity contribution in [2.45, 2.75) is 40.0 Å². The molecular weight excluding hydrogens is 245 g/mol. The fraction of sp³-hybridized carbons (Fsp3) is 0.900. The Morgan fingerprint density at radius 3 is 2.71 bits per heavy atom. The summed E-state index contributed by atoms with van der Waals surface area (Å²) < 4.78 is 31.8. The molecule has 0 aliphatic rings. The van der Waals surface area contributed by atoms with E-state index in [1.807, 2.05) is 0 Å². The molecule has 0 saturated carbocycles. The molecule has 0 fully saturated rings. The average Bonchev–Trinajstić information content (AvgIpc) is 2.34. The molecule has 0 heterocycles. The summed E-state index contributed by atoms with van der Waals surface area (Å²) in [5.41, 5.74) is 0. The van der Waals surface area contributed by atoms with Gasteiger partial charge in [0.05, 0.1) is 7.98 Å². The van der Waals surface area contributed by atoms with Crippen LogP contribution in [0.1, 0.15) is 42.8 Å². The lowest BCUT2D eigenvalue weighted by Crippen LogP contribution is -2.20. The highest BCUT2D eigenvalue weighted by Gasteiger charge is 2.04. The van der Waals surface area contributed by atoms with Gasteiger partial charge in [0.1, 0.15) is 0 Å². The third-order valence-electron chi connectivity index (χ3n) is 1.85. The van der Waals surface area contributed by atoms with Crippen molar-refractivity contribution in [1.82, 2.24) is 5.32 Å². The Morgan fingerprint density at radius 2 is 2.12 bits per heavy atom. The molecule has 0 radical (unpaired) electrons. The number of hydrogen-bond donors (Lipinski definition) is 1. The zero-order chi connectivity index (χ0) is 15.1. The lowest BCUT2D eigenvalue weighted by Gasteiger charge is -2.19. The Kier molecular flexibility index (Phi) is 9.23. The van der Waals surface area contributed by atoms with Crippen molar-refractivity contribution in [2.75, 3.05) is 20.2 Å². The Hall–Kier alpha value is -0.420. The maximum Gasteiger partial charge on any atom is 0.267 e. The smallest absolute Gasteiger partial charge is 0.267 e. The average molecular weight is 272 g/mol. The first-order valence-electron chi connectivity index (χ1n) is 6.82. The lowest BCUT2D eigenvalue weighted by molar-refractivity contribution is -0.223. The van der Waals surface area contributed by atoms with Crippen LogP contribution in [0.25, 0.3) is 0 Å². The Morgan fingerprint density at radius 1 is 1.47 bits per heavy atom. The molecule has 6 nitrogen and oxygen atoms in total. The molecule has 0 saturated heterocycles. The summed E-state index contributed by atoms with van der Waals surface area (Å²) in [4.78, 5) is 21.4. The molecule has 0 aromatic rings. The highest BCUT2D eigenvalue weighted by molar-refractivity contribution is 7.45. The topological polar surface area (TPSA) is 87.7 Å². The van der Waals surface area contributed by atoms with E-state index in [1.165, 1.54) is 14.3 Å². The largest absolute Gasteiger partial charge is 0.756 e. The predicted molar refractivity (Wildman–Crippen MR) is 64.5 cm³/mol. The van der Waals surface area contributed by atoms with Crippen LogP contribution < -0.4 is 10.2 Å². The van der Waals surface area contributed by atoms with Crippen LogP contribution in [0.5, 0.6) is 0 Å². The maximum absolute atomic E-state index is 10.9. The molecule has 104 valence electrons. The summed E-state index contributed by atoms with van der Waals surface area (Å²) in [7, 11) is -3.67. The van der Waals surface area contributed by atoms with Gasteiger partial charge in [-0.3, -0.25) is 9.36 Å². The second-order valence-corrected chi connectivity index (χ2v) is 4.72. The summed E-state index contributed by atoms with van der Waals surface area (Å²) in [6, 6.07) is 0. The first-order valence-corrected chi connectivity index (χ1v) is 6.58. The zero-order valence-corrected chi connectivity index (χ0v) is 11.3. The minimum absolute atomic E-state index is 0.0480. The molecule has 17 heavy (non-hydrogen) atoms. The minimum Gasteiger partial charge on any atom is -0.756 e. The van der Waals surface area contributed by atoms with Gasteiger partial charge >= 0.3 is 0 Å². The highest BCUT2D eigenvalue weighted by Crippen LogP contribution is 2.36. The molecule has 0 aromatic heterocycles. The summed E-state index contributed by atoms with van der Waals surface area (Å²) in [6.07, 6.45) is 3.18. The van der Waals surface area contributed by atoms with Crippen LogP contribution in [0.2, 0.25) is 0 Å². The molecule has 1 amide bonds. The van der Waals surface area contributed by atoms with Crippen LogP contribution in [0, 0.1) is 0 Å². The number of carbonyl (C=O) groups excluding carboxylic acids is 1. The standard InChI is InChI=1S/C9H20NO5P.CH4/c1-9(11)10-7-5-3-4-6-8-15-16(12,13)14-2;/h3-8H2,1-2H3,(H,10,11)(H,12,13);1H4/p-1/i2T;1T. The van der Waals surface area contributed by atoms with Crippen LogP contribution in [-0.2, 0) is 18.4 Å². The van der Waals surface area contributed by atoms with E-state index >= 15 is 0 Å². The van der Waals surface area contributed by atoms with Crippen molar-refractivity contribution in [3.05, 3.63) is 0 Å². The molecule has 0 bridgehead atoms. The Bertz CT molecular complexity index is 268. The van der Waals surface area contributed by atoms with Crippen molar-refractivity contribution < 1.29 is 26.0 Å². The van der Waals surface area contributed by atoms with E-state index < -0.39 is 14.9 Å². The van der Waals surface area contributed by atoms with Gasteiger partial charge in [0.2, 0.25) is 5.91 Å². The van der Waals surface area contributed by atoms with E-state index in [-0.39, 0.29) is 12.5 Å². The van der Waals surface area contributed by atoms with Crippen LogP contribution in [0.3, 0.4) is 0 Å². The van der Waals surface area contributed by atoms with E-state index in [1.54, 1.807) is 0 Å². The van der Waals surface area contributed by atoms with Gasteiger partial charge in [0.25, 0.3) is 7.82 Å². The van der Waals surface area contributed by atoms with Gasteiger partial charge in [-0.1, -0.05) is 20.2 Å². The quantitative estimate of drug-likeness (QED) is 0.507.